The highest BCUT2D eigenvalue weighted by molar-refractivity contribution is 7.89. The maximum absolute atomic E-state index is 12.8. The standard InChI is InChI=1S/C16H20N2O5S/c1-17-14(19)11-4-6-13(7-5-11)24(22,23)18-9-12-3-2-8-16(12,10-18)15(20)21/h4-7,12H,2-3,8-10H2,1H3,(H,17,19)(H,20,21)/t12-,16+/m0/s1. The van der Waals surface area contributed by atoms with Gasteiger partial charge in [0.1, 0.15) is 0 Å². The molecule has 2 N–H and O–H groups in total. The van der Waals surface area contributed by atoms with Crippen molar-refractivity contribution in [1.82, 2.24) is 9.62 Å². The minimum absolute atomic E-state index is 0.0204. The number of carbonyl (C=O) groups excluding carboxylic acids is 1. The van der Waals surface area contributed by atoms with Crippen LogP contribution in [0, 0.1) is 11.3 Å². The first kappa shape index (κ1) is 16.9. The van der Waals surface area contributed by atoms with Gasteiger partial charge < -0.3 is 10.4 Å². The summed E-state index contributed by atoms with van der Waals surface area (Å²) in [5.74, 6) is -1.33. The largest absolute Gasteiger partial charge is 0.481 e. The smallest absolute Gasteiger partial charge is 0.311 e. The van der Waals surface area contributed by atoms with E-state index in [4.69, 9.17) is 0 Å². The first-order valence-corrected chi connectivity index (χ1v) is 9.31. The fourth-order valence-corrected chi connectivity index (χ4v) is 5.40. The molecule has 0 spiro atoms. The number of carboxylic acid groups (broad SMARTS) is 1. The second-order valence-corrected chi connectivity index (χ2v) is 8.39. The molecule has 1 aromatic rings. The first-order valence-electron chi connectivity index (χ1n) is 7.87. The number of carboxylic acids is 1. The van der Waals surface area contributed by atoms with Crippen LogP contribution in [-0.4, -0.2) is 49.8 Å². The lowest BCUT2D eigenvalue weighted by molar-refractivity contribution is -0.149. The van der Waals surface area contributed by atoms with E-state index in [1.54, 1.807) is 0 Å². The maximum atomic E-state index is 12.8. The molecule has 8 heteroatoms. The van der Waals surface area contributed by atoms with Gasteiger partial charge in [-0.15, -0.1) is 0 Å². The van der Waals surface area contributed by atoms with E-state index in [0.717, 1.165) is 12.8 Å². The average Bonchev–Trinajstić information content (AvgIpc) is 3.13. The molecular weight excluding hydrogens is 332 g/mol. The van der Waals surface area contributed by atoms with E-state index in [9.17, 15) is 23.1 Å². The summed E-state index contributed by atoms with van der Waals surface area (Å²) in [5, 5.41) is 12.1. The highest BCUT2D eigenvalue weighted by Crippen LogP contribution is 2.50. The van der Waals surface area contributed by atoms with Crippen LogP contribution in [0.1, 0.15) is 29.6 Å². The summed E-state index contributed by atoms with van der Waals surface area (Å²) in [5.41, 5.74) is -0.577. The second-order valence-electron chi connectivity index (χ2n) is 6.45. The van der Waals surface area contributed by atoms with Gasteiger partial charge in [-0.25, -0.2) is 8.42 Å². The lowest BCUT2D eigenvalue weighted by Gasteiger charge is -2.23. The van der Waals surface area contributed by atoms with E-state index in [-0.39, 0.29) is 29.8 Å². The Morgan fingerprint density at radius 3 is 2.50 bits per heavy atom. The predicted molar refractivity (Wildman–Crippen MR) is 86.0 cm³/mol. The first-order chi connectivity index (χ1) is 11.3. The van der Waals surface area contributed by atoms with E-state index in [0.29, 0.717) is 12.0 Å². The maximum Gasteiger partial charge on any atom is 0.311 e. The minimum atomic E-state index is -3.76. The van der Waals surface area contributed by atoms with Crippen LogP contribution in [0.4, 0.5) is 0 Å². The molecule has 1 aliphatic heterocycles. The molecule has 1 saturated carbocycles. The Morgan fingerprint density at radius 1 is 1.29 bits per heavy atom. The van der Waals surface area contributed by atoms with E-state index >= 15 is 0 Å². The van der Waals surface area contributed by atoms with E-state index in [1.165, 1.54) is 35.6 Å². The zero-order chi connectivity index (χ0) is 17.5. The Balaban J connectivity index is 1.87. The molecule has 1 heterocycles. The number of hydrogen-bond acceptors (Lipinski definition) is 4. The molecule has 3 rings (SSSR count). The number of nitrogens with one attached hydrogen (secondary N) is 1. The van der Waals surface area contributed by atoms with Crippen LogP contribution in [0.3, 0.4) is 0 Å². The van der Waals surface area contributed by atoms with Crippen molar-refractivity contribution in [3.05, 3.63) is 29.8 Å². The number of nitrogens with zero attached hydrogens (tertiary/aromatic N) is 1. The molecule has 7 nitrogen and oxygen atoms in total. The van der Waals surface area contributed by atoms with Crippen molar-refractivity contribution in [3.8, 4) is 0 Å². The minimum Gasteiger partial charge on any atom is -0.481 e. The highest BCUT2D eigenvalue weighted by atomic mass is 32.2. The van der Waals surface area contributed by atoms with Gasteiger partial charge in [0.25, 0.3) is 5.91 Å². The average molecular weight is 352 g/mol. The third-order valence-electron chi connectivity index (χ3n) is 5.25. The number of hydrogen-bond donors (Lipinski definition) is 2. The van der Waals surface area contributed by atoms with E-state index in [1.807, 2.05) is 0 Å². The Hall–Kier alpha value is -1.93. The van der Waals surface area contributed by atoms with Crippen LogP contribution in [0.5, 0.6) is 0 Å². The summed E-state index contributed by atoms with van der Waals surface area (Å²) in [6, 6.07) is 5.69. The molecule has 130 valence electrons. The van der Waals surface area contributed by atoms with Crippen molar-refractivity contribution >= 4 is 21.9 Å². The fourth-order valence-electron chi connectivity index (χ4n) is 3.85. The summed E-state index contributed by atoms with van der Waals surface area (Å²) in [4.78, 5) is 23.3. The molecule has 1 aliphatic carbocycles. The molecule has 1 saturated heterocycles. The molecule has 1 amide bonds. The van der Waals surface area contributed by atoms with Gasteiger partial charge in [0.05, 0.1) is 10.3 Å². The summed E-state index contributed by atoms with van der Waals surface area (Å²) >= 11 is 0. The fraction of sp³-hybridized carbons (Fsp3) is 0.500. The normalized spacial score (nSPS) is 27.0. The van der Waals surface area contributed by atoms with Crippen LogP contribution in [0.2, 0.25) is 0 Å². The van der Waals surface area contributed by atoms with Crippen LogP contribution >= 0.6 is 0 Å². The molecule has 24 heavy (non-hydrogen) atoms. The third-order valence-corrected chi connectivity index (χ3v) is 7.07. The Bertz CT molecular complexity index is 774. The van der Waals surface area contributed by atoms with E-state index in [2.05, 4.69) is 5.32 Å². The van der Waals surface area contributed by atoms with Crippen molar-refractivity contribution in [3.63, 3.8) is 0 Å². The van der Waals surface area contributed by atoms with Gasteiger partial charge in [-0.05, 0) is 43.0 Å². The SMILES string of the molecule is CNC(=O)c1ccc(S(=O)(=O)N2C[C@@H]3CCC[C@@]3(C(=O)O)C2)cc1. The summed E-state index contributed by atoms with van der Waals surface area (Å²) in [7, 11) is -2.26. The van der Waals surface area contributed by atoms with Crippen LogP contribution in [0.25, 0.3) is 0 Å². The molecule has 0 bridgehead atoms. The molecule has 0 radical (unpaired) electrons. The number of amides is 1. The number of aliphatic carboxylic acids is 1. The highest BCUT2D eigenvalue weighted by Gasteiger charge is 2.57. The van der Waals surface area contributed by atoms with Gasteiger partial charge >= 0.3 is 5.97 Å². The van der Waals surface area contributed by atoms with Crippen molar-refractivity contribution in [2.45, 2.75) is 24.2 Å². The van der Waals surface area contributed by atoms with Crippen molar-refractivity contribution in [2.24, 2.45) is 11.3 Å². The van der Waals surface area contributed by atoms with Gasteiger partial charge in [0.15, 0.2) is 0 Å². The number of fused-ring (bicyclic) bond motifs is 1. The zero-order valence-electron chi connectivity index (χ0n) is 13.4. The lowest BCUT2D eigenvalue weighted by Crippen LogP contribution is -2.37. The van der Waals surface area contributed by atoms with Gasteiger partial charge in [-0.2, -0.15) is 4.31 Å². The third kappa shape index (κ3) is 2.50. The zero-order valence-corrected chi connectivity index (χ0v) is 14.2. The molecule has 2 aliphatic rings. The number of sulfonamides is 1. The van der Waals surface area contributed by atoms with Crippen molar-refractivity contribution in [1.29, 1.82) is 0 Å². The van der Waals surface area contributed by atoms with Crippen molar-refractivity contribution in [2.75, 3.05) is 20.1 Å². The molecule has 0 unspecified atom stereocenters. The Kier molecular flexibility index (Phi) is 4.13. The number of carbonyl (C=O) groups is 2. The quantitative estimate of drug-likeness (QED) is 0.839. The van der Waals surface area contributed by atoms with Crippen LogP contribution < -0.4 is 5.32 Å². The Labute approximate surface area is 140 Å². The predicted octanol–water partition coefficient (Wildman–Crippen LogP) is 0.922. The monoisotopic (exact) mass is 352 g/mol. The van der Waals surface area contributed by atoms with Gasteiger partial charge in [-0.3, -0.25) is 9.59 Å². The topological polar surface area (TPSA) is 104 Å². The number of benzene rings is 1. The second kappa shape index (κ2) is 5.86. The van der Waals surface area contributed by atoms with E-state index < -0.39 is 21.4 Å². The van der Waals surface area contributed by atoms with Gasteiger partial charge in [0.2, 0.25) is 10.0 Å². The lowest BCUT2D eigenvalue weighted by atomic mass is 9.81. The number of rotatable bonds is 4. The molecule has 0 aromatic heterocycles. The van der Waals surface area contributed by atoms with Crippen LogP contribution in [-0.2, 0) is 14.8 Å². The molecule has 2 fully saturated rings. The molecule has 1 aromatic carbocycles. The Morgan fingerprint density at radius 2 is 1.96 bits per heavy atom. The summed E-state index contributed by atoms with van der Waals surface area (Å²) in [6.45, 7) is 0.262. The van der Waals surface area contributed by atoms with Crippen LogP contribution in [0.15, 0.2) is 29.2 Å². The molecule has 2 atom stereocenters. The summed E-state index contributed by atoms with van der Waals surface area (Å²) < 4.78 is 26.9. The van der Waals surface area contributed by atoms with Gasteiger partial charge in [-0.1, -0.05) is 6.42 Å². The molecular formula is C16H20N2O5S. The van der Waals surface area contributed by atoms with Gasteiger partial charge in [0, 0.05) is 25.7 Å². The summed E-state index contributed by atoms with van der Waals surface area (Å²) in [6.07, 6.45) is 2.09. The van der Waals surface area contributed by atoms with Crippen molar-refractivity contribution < 1.29 is 23.1 Å².